The van der Waals surface area contributed by atoms with Crippen LogP contribution in [0.1, 0.15) is 59.3 Å². The van der Waals surface area contributed by atoms with Gasteiger partial charge in [0.05, 0.1) is 0 Å². The van der Waals surface area contributed by atoms with Gasteiger partial charge in [0.15, 0.2) is 5.78 Å². The molecule has 5 unspecified atom stereocenters. The molecule has 2 fully saturated rings. The Bertz CT molecular complexity index is 482. The molecule has 0 aromatic rings. The molecule has 21 heavy (non-hydrogen) atoms. The van der Waals surface area contributed by atoms with Gasteiger partial charge in [-0.25, -0.2) is 0 Å². The summed E-state index contributed by atoms with van der Waals surface area (Å²) in [4.78, 5) is 23.9. The van der Waals surface area contributed by atoms with Crippen molar-refractivity contribution in [3.8, 4) is 0 Å². The number of carbonyl (C=O) groups excluding carboxylic acids is 2. The van der Waals surface area contributed by atoms with Gasteiger partial charge in [-0.2, -0.15) is 0 Å². The number of carbonyl (C=O) groups is 2. The van der Waals surface area contributed by atoms with E-state index in [4.69, 9.17) is 0 Å². The zero-order valence-corrected chi connectivity index (χ0v) is 15.0. The van der Waals surface area contributed by atoms with Gasteiger partial charge >= 0.3 is 0 Å². The highest BCUT2D eigenvalue weighted by molar-refractivity contribution is 7.15. The van der Waals surface area contributed by atoms with E-state index in [1.807, 2.05) is 12.7 Å². The average molecular weight is 308 g/mol. The zero-order valence-electron chi connectivity index (χ0n) is 13.9. The van der Waals surface area contributed by atoms with Crippen LogP contribution in [-0.2, 0) is 9.59 Å². The fraction of sp³-hybridized carbons (Fsp3) is 0.778. The first-order chi connectivity index (χ1) is 9.87. The molecular formula is C18H29O2P. The van der Waals surface area contributed by atoms with Gasteiger partial charge in [-0.1, -0.05) is 33.0 Å². The molecular weight excluding hydrogens is 279 g/mol. The van der Waals surface area contributed by atoms with Gasteiger partial charge in [-0.05, 0) is 48.5 Å². The smallest absolute Gasteiger partial charge is 0.155 e. The number of ketones is 2. The Morgan fingerprint density at radius 1 is 1.10 bits per heavy atom. The summed E-state index contributed by atoms with van der Waals surface area (Å²) in [6.45, 7) is 8.65. The third kappa shape index (κ3) is 2.65. The summed E-state index contributed by atoms with van der Waals surface area (Å²) in [5.74, 6) is 1.33. The van der Waals surface area contributed by atoms with E-state index in [-0.39, 0.29) is 16.7 Å². The molecule has 2 saturated carbocycles. The SMILES string of the molecule is CC1C(=O)CCC2(C)C3=CC(=O)CCC3(C)CCC12.CP. The van der Waals surface area contributed by atoms with Crippen LogP contribution >= 0.6 is 9.24 Å². The van der Waals surface area contributed by atoms with Crippen LogP contribution in [0.25, 0.3) is 0 Å². The summed E-state index contributed by atoms with van der Waals surface area (Å²) < 4.78 is 0. The van der Waals surface area contributed by atoms with E-state index in [0.29, 0.717) is 30.3 Å². The summed E-state index contributed by atoms with van der Waals surface area (Å²) >= 11 is 0. The molecule has 0 heterocycles. The van der Waals surface area contributed by atoms with Crippen molar-refractivity contribution in [3.05, 3.63) is 11.6 Å². The zero-order chi connectivity index (χ0) is 15.8. The molecule has 3 aliphatic carbocycles. The van der Waals surface area contributed by atoms with Crippen molar-refractivity contribution in [3.63, 3.8) is 0 Å². The van der Waals surface area contributed by atoms with Crippen LogP contribution in [0, 0.1) is 22.7 Å². The Balaban J connectivity index is 0.000000774. The quantitative estimate of drug-likeness (QED) is 0.629. The molecule has 0 spiro atoms. The van der Waals surface area contributed by atoms with Crippen LogP contribution in [0.3, 0.4) is 0 Å². The first kappa shape index (κ1) is 16.9. The van der Waals surface area contributed by atoms with Crippen molar-refractivity contribution in [2.45, 2.75) is 59.3 Å². The Hall–Kier alpha value is -0.490. The van der Waals surface area contributed by atoms with E-state index in [0.717, 1.165) is 25.7 Å². The molecule has 3 heteroatoms. The molecule has 0 N–H and O–H groups in total. The Morgan fingerprint density at radius 2 is 1.76 bits per heavy atom. The molecule has 0 aliphatic heterocycles. The number of hydrogen-bond acceptors (Lipinski definition) is 2. The summed E-state index contributed by atoms with van der Waals surface area (Å²) in [5.41, 5.74) is 1.65. The molecule has 3 rings (SSSR count). The molecule has 0 radical (unpaired) electrons. The highest BCUT2D eigenvalue weighted by Gasteiger charge is 2.54. The molecule has 2 nitrogen and oxygen atoms in total. The fourth-order valence-electron chi connectivity index (χ4n) is 5.00. The van der Waals surface area contributed by atoms with Crippen LogP contribution in [-0.4, -0.2) is 18.2 Å². The lowest BCUT2D eigenvalue weighted by Crippen LogP contribution is -2.50. The molecule has 3 aliphatic rings. The molecule has 5 atom stereocenters. The number of fused-ring (bicyclic) bond motifs is 3. The maximum absolute atomic E-state index is 12.0. The second kappa shape index (κ2) is 5.95. The van der Waals surface area contributed by atoms with E-state index >= 15 is 0 Å². The van der Waals surface area contributed by atoms with Crippen molar-refractivity contribution in [1.29, 1.82) is 0 Å². The first-order valence-corrected chi connectivity index (χ1v) is 9.38. The van der Waals surface area contributed by atoms with Crippen molar-refractivity contribution in [1.82, 2.24) is 0 Å². The average Bonchev–Trinajstić information content (AvgIpc) is 2.47. The van der Waals surface area contributed by atoms with Gasteiger partial charge in [0.25, 0.3) is 0 Å². The lowest BCUT2D eigenvalue weighted by atomic mass is 9.47. The summed E-state index contributed by atoms with van der Waals surface area (Å²) in [6.07, 6.45) is 7.57. The van der Waals surface area contributed by atoms with E-state index in [1.165, 1.54) is 5.57 Å². The van der Waals surface area contributed by atoms with Gasteiger partial charge in [0.1, 0.15) is 5.78 Å². The minimum absolute atomic E-state index is 0.0798. The molecule has 118 valence electrons. The number of allylic oxidation sites excluding steroid dienone is 2. The van der Waals surface area contributed by atoms with Crippen LogP contribution in [0.5, 0.6) is 0 Å². The first-order valence-electron chi connectivity index (χ1n) is 8.23. The second-order valence-corrected chi connectivity index (χ2v) is 7.40. The maximum atomic E-state index is 12.0. The molecule has 0 amide bonds. The van der Waals surface area contributed by atoms with Gasteiger partial charge in [-0.15, -0.1) is 9.24 Å². The summed E-state index contributed by atoms with van der Waals surface area (Å²) in [5, 5.41) is 0. The van der Waals surface area contributed by atoms with Gasteiger partial charge in [-0.3, -0.25) is 9.59 Å². The predicted molar refractivity (Wildman–Crippen MR) is 90.3 cm³/mol. The third-order valence-electron chi connectivity index (χ3n) is 6.32. The van der Waals surface area contributed by atoms with Crippen LogP contribution in [0.4, 0.5) is 0 Å². The number of rotatable bonds is 0. The normalized spacial score (nSPS) is 42.2. The summed E-state index contributed by atoms with van der Waals surface area (Å²) in [7, 11) is 2.42. The van der Waals surface area contributed by atoms with Gasteiger partial charge in [0, 0.05) is 18.8 Å². The fourth-order valence-corrected chi connectivity index (χ4v) is 5.00. The Kier molecular flexibility index (Phi) is 4.78. The number of Topliss-reactive ketones (excluding diaryl/α,β-unsaturated/α-hetero) is 1. The highest BCUT2D eigenvalue weighted by Crippen LogP contribution is 2.62. The van der Waals surface area contributed by atoms with E-state index in [2.05, 4.69) is 30.0 Å². The van der Waals surface area contributed by atoms with Crippen molar-refractivity contribution >= 4 is 20.8 Å². The van der Waals surface area contributed by atoms with Gasteiger partial charge in [0.2, 0.25) is 0 Å². The lowest BCUT2D eigenvalue weighted by molar-refractivity contribution is -0.131. The van der Waals surface area contributed by atoms with Gasteiger partial charge < -0.3 is 0 Å². The molecule has 0 aromatic carbocycles. The Morgan fingerprint density at radius 3 is 2.43 bits per heavy atom. The largest absolute Gasteiger partial charge is 0.299 e. The molecule has 0 bridgehead atoms. The molecule has 0 saturated heterocycles. The van der Waals surface area contributed by atoms with Crippen molar-refractivity contribution in [2.75, 3.05) is 6.66 Å². The van der Waals surface area contributed by atoms with Crippen LogP contribution in [0.2, 0.25) is 0 Å². The maximum Gasteiger partial charge on any atom is 0.155 e. The molecule has 0 aromatic heterocycles. The van der Waals surface area contributed by atoms with E-state index in [1.54, 1.807) is 0 Å². The standard InChI is InChI=1S/C17H24O2.CH5P/c1-11-13-5-8-16(2)7-4-12(18)10-15(16)17(13,3)9-6-14(11)19;1-2/h10-11,13H,4-9H2,1-3H3;2H2,1H3. The van der Waals surface area contributed by atoms with E-state index in [9.17, 15) is 9.59 Å². The van der Waals surface area contributed by atoms with Crippen LogP contribution in [0.15, 0.2) is 11.6 Å². The lowest BCUT2D eigenvalue weighted by Gasteiger charge is -2.57. The highest BCUT2D eigenvalue weighted by atomic mass is 31.0. The topological polar surface area (TPSA) is 34.1 Å². The summed E-state index contributed by atoms with van der Waals surface area (Å²) in [6, 6.07) is 0. The van der Waals surface area contributed by atoms with Crippen molar-refractivity contribution < 1.29 is 9.59 Å². The van der Waals surface area contributed by atoms with Crippen LogP contribution < -0.4 is 0 Å². The minimum Gasteiger partial charge on any atom is -0.299 e. The minimum atomic E-state index is 0.0798. The second-order valence-electron chi connectivity index (χ2n) is 7.40. The van der Waals surface area contributed by atoms with E-state index < -0.39 is 0 Å². The third-order valence-corrected chi connectivity index (χ3v) is 6.32. The van der Waals surface area contributed by atoms with Crippen molar-refractivity contribution in [2.24, 2.45) is 22.7 Å². The monoisotopic (exact) mass is 308 g/mol. The Labute approximate surface area is 131 Å². The predicted octanol–water partition coefficient (Wildman–Crippen LogP) is 4.19. The number of hydrogen-bond donors (Lipinski definition) is 0.